The highest BCUT2D eigenvalue weighted by Crippen LogP contribution is 2.16. The minimum atomic E-state index is -0.0666. The first-order chi connectivity index (χ1) is 8.24. The van der Waals surface area contributed by atoms with E-state index in [0.717, 1.165) is 19.3 Å². The van der Waals surface area contributed by atoms with E-state index in [-0.39, 0.29) is 5.97 Å². The predicted molar refractivity (Wildman–Crippen MR) is 73.0 cm³/mol. The van der Waals surface area contributed by atoms with E-state index in [4.69, 9.17) is 4.74 Å². The lowest BCUT2D eigenvalue weighted by Crippen LogP contribution is -2.04. The lowest BCUT2D eigenvalue weighted by molar-refractivity contribution is -0.143. The van der Waals surface area contributed by atoms with Crippen LogP contribution in [-0.4, -0.2) is 12.6 Å². The number of esters is 1. The summed E-state index contributed by atoms with van der Waals surface area (Å²) in [4.78, 5) is 11.3. The van der Waals surface area contributed by atoms with Crippen LogP contribution in [0.3, 0.4) is 0 Å². The lowest BCUT2D eigenvalue weighted by atomic mass is 10.0. The van der Waals surface area contributed by atoms with Crippen LogP contribution in [-0.2, 0) is 9.53 Å². The summed E-state index contributed by atoms with van der Waals surface area (Å²) in [5.74, 6) is -0.0666. The number of hydrogen-bond donors (Lipinski definition) is 0. The van der Waals surface area contributed by atoms with E-state index in [9.17, 15) is 4.79 Å². The van der Waals surface area contributed by atoms with Crippen molar-refractivity contribution in [2.75, 3.05) is 6.61 Å². The maximum atomic E-state index is 11.3. The van der Waals surface area contributed by atoms with Crippen molar-refractivity contribution >= 4 is 5.97 Å². The Labute approximate surface area is 106 Å². The molecule has 0 unspecified atom stereocenters. The summed E-state index contributed by atoms with van der Waals surface area (Å²) in [5.41, 5.74) is 1.43. The fourth-order valence-electron chi connectivity index (χ4n) is 1.89. The van der Waals surface area contributed by atoms with Crippen molar-refractivity contribution in [3.8, 4) is 0 Å². The molecule has 2 nitrogen and oxygen atoms in total. The number of rotatable bonds is 10. The number of ether oxygens (including phenoxy) is 1. The van der Waals surface area contributed by atoms with Crippen molar-refractivity contribution in [1.82, 2.24) is 0 Å². The Balaban J connectivity index is 3.82. The Bertz CT molecular complexity index is 219. The van der Waals surface area contributed by atoms with Crippen molar-refractivity contribution in [3.05, 3.63) is 11.6 Å². The van der Waals surface area contributed by atoms with Crippen molar-refractivity contribution in [2.45, 2.75) is 72.1 Å². The van der Waals surface area contributed by atoms with Gasteiger partial charge in [0.1, 0.15) is 0 Å². The highest BCUT2D eigenvalue weighted by Gasteiger charge is 2.04. The molecule has 0 aliphatic heterocycles. The summed E-state index contributed by atoms with van der Waals surface area (Å²) in [7, 11) is 0. The number of unbranched alkanes of at least 4 members (excludes halogenated alkanes) is 3. The molecule has 100 valence electrons. The summed E-state index contributed by atoms with van der Waals surface area (Å²) in [6, 6.07) is 0. The Morgan fingerprint density at radius 2 is 1.76 bits per heavy atom. The van der Waals surface area contributed by atoms with Gasteiger partial charge in [-0.15, -0.1) is 0 Å². The monoisotopic (exact) mass is 240 g/mol. The molecular formula is C15H28O2. The van der Waals surface area contributed by atoms with E-state index in [0.29, 0.717) is 13.0 Å². The summed E-state index contributed by atoms with van der Waals surface area (Å²) in [6.07, 6.45) is 11.0. The van der Waals surface area contributed by atoms with E-state index >= 15 is 0 Å². The van der Waals surface area contributed by atoms with Gasteiger partial charge in [0.15, 0.2) is 0 Å². The molecule has 0 saturated carbocycles. The van der Waals surface area contributed by atoms with Gasteiger partial charge in [-0.05, 0) is 32.6 Å². The van der Waals surface area contributed by atoms with Crippen LogP contribution in [0.4, 0.5) is 0 Å². The van der Waals surface area contributed by atoms with E-state index in [2.05, 4.69) is 19.9 Å². The molecule has 0 bridgehead atoms. The lowest BCUT2D eigenvalue weighted by Gasteiger charge is -2.07. The van der Waals surface area contributed by atoms with Crippen LogP contribution < -0.4 is 0 Å². The van der Waals surface area contributed by atoms with Crippen molar-refractivity contribution in [1.29, 1.82) is 0 Å². The van der Waals surface area contributed by atoms with Crippen molar-refractivity contribution in [2.24, 2.45) is 0 Å². The smallest absolute Gasteiger partial charge is 0.306 e. The molecule has 0 rings (SSSR count). The van der Waals surface area contributed by atoms with Crippen molar-refractivity contribution in [3.63, 3.8) is 0 Å². The third-order valence-electron chi connectivity index (χ3n) is 2.80. The minimum absolute atomic E-state index is 0.0666. The number of carbonyl (C=O) groups is 1. The van der Waals surface area contributed by atoms with Crippen LogP contribution >= 0.6 is 0 Å². The van der Waals surface area contributed by atoms with Gasteiger partial charge in [-0.2, -0.15) is 0 Å². The molecule has 0 spiro atoms. The van der Waals surface area contributed by atoms with Crippen LogP contribution in [0.25, 0.3) is 0 Å². The van der Waals surface area contributed by atoms with Gasteiger partial charge in [0.05, 0.1) is 6.61 Å². The topological polar surface area (TPSA) is 26.3 Å². The fourth-order valence-corrected chi connectivity index (χ4v) is 1.89. The maximum absolute atomic E-state index is 11.3. The van der Waals surface area contributed by atoms with E-state index in [1.807, 2.05) is 6.92 Å². The first-order valence-electron chi connectivity index (χ1n) is 7.08. The van der Waals surface area contributed by atoms with Gasteiger partial charge in [-0.3, -0.25) is 4.79 Å². The average molecular weight is 240 g/mol. The van der Waals surface area contributed by atoms with Crippen LogP contribution in [0, 0.1) is 0 Å². The largest absolute Gasteiger partial charge is 0.466 e. The third kappa shape index (κ3) is 10.1. The fraction of sp³-hybridized carbons (Fsp3) is 0.800. The number of allylic oxidation sites excluding steroid dienone is 2. The second kappa shape index (κ2) is 11.7. The zero-order valence-electron chi connectivity index (χ0n) is 11.8. The third-order valence-corrected chi connectivity index (χ3v) is 2.80. The van der Waals surface area contributed by atoms with Gasteiger partial charge in [-0.1, -0.05) is 44.8 Å². The van der Waals surface area contributed by atoms with Gasteiger partial charge in [0.25, 0.3) is 0 Å². The van der Waals surface area contributed by atoms with Crippen LogP contribution in [0.1, 0.15) is 72.1 Å². The molecule has 0 amide bonds. The zero-order chi connectivity index (χ0) is 12.9. The molecule has 0 radical (unpaired) electrons. The standard InChI is InChI=1S/C15H28O2/c1-4-7-8-9-11-14(10-5-2)12-13-15(16)17-6-3/h10H,4-9,11-13H2,1-3H3. The summed E-state index contributed by atoms with van der Waals surface area (Å²) >= 11 is 0. The summed E-state index contributed by atoms with van der Waals surface area (Å²) in [5, 5.41) is 0. The molecular weight excluding hydrogens is 212 g/mol. The Morgan fingerprint density at radius 1 is 1.00 bits per heavy atom. The van der Waals surface area contributed by atoms with Crippen LogP contribution in [0.2, 0.25) is 0 Å². The van der Waals surface area contributed by atoms with E-state index in [1.165, 1.54) is 31.3 Å². The Morgan fingerprint density at radius 3 is 2.35 bits per heavy atom. The van der Waals surface area contributed by atoms with Gasteiger partial charge < -0.3 is 4.74 Å². The molecule has 0 aliphatic carbocycles. The molecule has 0 aliphatic rings. The second-order valence-electron chi connectivity index (χ2n) is 4.39. The molecule has 0 aromatic heterocycles. The van der Waals surface area contributed by atoms with E-state index < -0.39 is 0 Å². The van der Waals surface area contributed by atoms with Crippen molar-refractivity contribution < 1.29 is 9.53 Å². The summed E-state index contributed by atoms with van der Waals surface area (Å²) < 4.78 is 4.95. The number of carbonyl (C=O) groups excluding carboxylic acids is 1. The molecule has 17 heavy (non-hydrogen) atoms. The van der Waals surface area contributed by atoms with Gasteiger partial charge in [-0.25, -0.2) is 0 Å². The molecule has 0 N–H and O–H groups in total. The minimum Gasteiger partial charge on any atom is -0.466 e. The molecule has 0 aromatic carbocycles. The summed E-state index contributed by atoms with van der Waals surface area (Å²) in [6.45, 7) is 6.72. The predicted octanol–water partition coefficient (Wildman–Crippen LogP) is 4.64. The molecule has 0 saturated heterocycles. The molecule has 0 fully saturated rings. The Kier molecular flexibility index (Phi) is 11.1. The normalized spacial score (nSPS) is 11.6. The molecule has 2 heteroatoms. The maximum Gasteiger partial charge on any atom is 0.306 e. The Hall–Kier alpha value is -0.790. The van der Waals surface area contributed by atoms with Crippen LogP contribution in [0.15, 0.2) is 11.6 Å². The molecule has 0 atom stereocenters. The average Bonchev–Trinajstić information content (AvgIpc) is 2.32. The zero-order valence-corrected chi connectivity index (χ0v) is 11.8. The van der Waals surface area contributed by atoms with E-state index in [1.54, 1.807) is 0 Å². The number of hydrogen-bond acceptors (Lipinski definition) is 2. The highest BCUT2D eigenvalue weighted by atomic mass is 16.5. The highest BCUT2D eigenvalue weighted by molar-refractivity contribution is 5.69. The van der Waals surface area contributed by atoms with Crippen LogP contribution in [0.5, 0.6) is 0 Å². The second-order valence-corrected chi connectivity index (χ2v) is 4.39. The molecule has 0 heterocycles. The quantitative estimate of drug-likeness (QED) is 0.316. The first kappa shape index (κ1) is 16.2. The van der Waals surface area contributed by atoms with Gasteiger partial charge in [0.2, 0.25) is 0 Å². The van der Waals surface area contributed by atoms with Gasteiger partial charge >= 0.3 is 5.97 Å². The SMILES string of the molecule is CCC=C(CCCCCC)CCC(=O)OCC. The van der Waals surface area contributed by atoms with Gasteiger partial charge in [0, 0.05) is 6.42 Å². The first-order valence-corrected chi connectivity index (χ1v) is 7.08. The molecule has 0 aromatic rings.